The van der Waals surface area contributed by atoms with Crippen LogP contribution in [0.25, 0.3) is 0 Å². The number of nitrogen functional groups attached to an aromatic ring is 1. The normalized spacial score (nSPS) is 11.0. The number of aromatic nitrogens is 2. The average molecular weight is 308 g/mol. The molecule has 0 saturated carbocycles. The lowest BCUT2D eigenvalue weighted by molar-refractivity contribution is 0.102. The number of amides is 1. The zero-order chi connectivity index (χ0) is 15.5. The van der Waals surface area contributed by atoms with E-state index in [1.165, 1.54) is 36.7 Å². The van der Waals surface area contributed by atoms with E-state index in [9.17, 15) is 13.2 Å². The third-order valence-electron chi connectivity index (χ3n) is 2.45. The summed E-state index contributed by atoms with van der Waals surface area (Å²) in [7, 11) is -3.84. The van der Waals surface area contributed by atoms with E-state index in [0.29, 0.717) is 5.82 Å². The molecule has 0 saturated heterocycles. The number of nitrogens with zero attached hydrogens (tertiary/aromatic N) is 2. The first-order valence-electron chi connectivity index (χ1n) is 5.63. The van der Waals surface area contributed by atoms with Gasteiger partial charge in [0, 0.05) is 5.69 Å². The Morgan fingerprint density at radius 3 is 2.52 bits per heavy atom. The lowest BCUT2D eigenvalue weighted by Crippen LogP contribution is -2.16. The maximum Gasteiger partial charge on any atom is 0.275 e. The molecule has 0 fully saturated rings. The summed E-state index contributed by atoms with van der Waals surface area (Å²) in [6, 6.07) is 5.56. The molecule has 0 atom stereocenters. The lowest BCUT2D eigenvalue weighted by atomic mass is 10.3. The Bertz CT molecular complexity index is 760. The number of primary sulfonamides is 1. The molecule has 0 aliphatic heterocycles. The predicted octanol–water partition coefficient (Wildman–Crippen LogP) is -0.338. The van der Waals surface area contributed by atoms with Crippen LogP contribution in [-0.4, -0.2) is 24.3 Å². The van der Waals surface area contributed by atoms with Crippen molar-refractivity contribution in [3.63, 3.8) is 0 Å². The van der Waals surface area contributed by atoms with Crippen molar-refractivity contribution < 1.29 is 13.2 Å². The molecule has 2 aromatic rings. The Morgan fingerprint density at radius 2 is 1.95 bits per heavy atom. The van der Waals surface area contributed by atoms with Crippen LogP contribution >= 0.6 is 0 Å². The van der Waals surface area contributed by atoms with Crippen molar-refractivity contribution >= 4 is 27.4 Å². The van der Waals surface area contributed by atoms with E-state index in [2.05, 4.69) is 20.7 Å². The summed E-state index contributed by atoms with van der Waals surface area (Å²) in [6.07, 6.45) is 2.52. The van der Waals surface area contributed by atoms with E-state index in [1.807, 2.05) is 0 Å². The highest BCUT2D eigenvalue weighted by Gasteiger charge is 2.11. The molecule has 1 aromatic carbocycles. The first-order valence-corrected chi connectivity index (χ1v) is 7.17. The lowest BCUT2D eigenvalue weighted by Gasteiger charge is -2.06. The molecule has 0 aliphatic rings. The molecule has 0 aliphatic carbocycles. The molecule has 2 rings (SSSR count). The predicted molar refractivity (Wildman–Crippen MR) is 75.6 cm³/mol. The molecule has 1 heterocycles. The van der Waals surface area contributed by atoms with Crippen LogP contribution < -0.4 is 21.7 Å². The summed E-state index contributed by atoms with van der Waals surface area (Å²) in [5, 5.41) is 7.51. The van der Waals surface area contributed by atoms with Crippen molar-refractivity contribution in [1.82, 2.24) is 9.97 Å². The SMILES string of the molecule is NNc1cnc(C(=O)Nc2cccc(S(N)(=O)=O)c2)cn1. The molecule has 0 spiro atoms. The van der Waals surface area contributed by atoms with Crippen LogP contribution in [-0.2, 0) is 10.0 Å². The Kier molecular flexibility index (Phi) is 4.12. The van der Waals surface area contributed by atoms with Gasteiger partial charge in [-0.15, -0.1) is 0 Å². The van der Waals surface area contributed by atoms with Gasteiger partial charge in [-0.1, -0.05) is 6.07 Å². The van der Waals surface area contributed by atoms with Crippen LogP contribution in [0.4, 0.5) is 11.5 Å². The number of hydrogen-bond acceptors (Lipinski definition) is 7. The molecule has 10 heteroatoms. The molecule has 0 bridgehead atoms. The minimum absolute atomic E-state index is 0.0509. The van der Waals surface area contributed by atoms with Crippen LogP contribution in [0.15, 0.2) is 41.6 Å². The standard InChI is InChI=1S/C11H12N6O3S/c12-17-10-6-14-9(5-15-10)11(18)16-7-2-1-3-8(4-7)21(13,19)20/h1-6H,12H2,(H,15,17)(H,16,18)(H2,13,19,20). The number of anilines is 2. The van der Waals surface area contributed by atoms with Crippen LogP contribution in [0.3, 0.4) is 0 Å². The van der Waals surface area contributed by atoms with Crippen LogP contribution in [0.2, 0.25) is 0 Å². The van der Waals surface area contributed by atoms with E-state index >= 15 is 0 Å². The third-order valence-corrected chi connectivity index (χ3v) is 3.36. The Morgan fingerprint density at radius 1 is 1.19 bits per heavy atom. The molecule has 6 N–H and O–H groups in total. The van der Waals surface area contributed by atoms with Crippen molar-refractivity contribution in [3.05, 3.63) is 42.4 Å². The van der Waals surface area contributed by atoms with Gasteiger partial charge >= 0.3 is 0 Å². The summed E-state index contributed by atoms with van der Waals surface area (Å²) in [4.78, 5) is 19.5. The van der Waals surface area contributed by atoms with Crippen LogP contribution in [0.5, 0.6) is 0 Å². The molecule has 21 heavy (non-hydrogen) atoms. The molecule has 110 valence electrons. The molecular weight excluding hydrogens is 296 g/mol. The second-order valence-corrected chi connectivity index (χ2v) is 5.52. The Labute approximate surface area is 120 Å². The number of rotatable bonds is 4. The minimum atomic E-state index is -3.84. The highest BCUT2D eigenvalue weighted by Crippen LogP contribution is 2.14. The Balaban J connectivity index is 2.19. The van der Waals surface area contributed by atoms with E-state index in [1.54, 1.807) is 0 Å². The summed E-state index contributed by atoms with van der Waals surface area (Å²) in [6.45, 7) is 0. The number of nitrogens with two attached hydrogens (primary N) is 2. The van der Waals surface area contributed by atoms with Gasteiger partial charge in [0.05, 0.1) is 17.3 Å². The van der Waals surface area contributed by atoms with Gasteiger partial charge in [-0.2, -0.15) is 0 Å². The van der Waals surface area contributed by atoms with Gasteiger partial charge in [-0.25, -0.2) is 29.4 Å². The Hall–Kier alpha value is -2.56. The van der Waals surface area contributed by atoms with Crippen LogP contribution in [0, 0.1) is 0 Å². The maximum absolute atomic E-state index is 11.9. The summed E-state index contributed by atoms with van der Waals surface area (Å²) < 4.78 is 22.5. The van der Waals surface area contributed by atoms with E-state index < -0.39 is 15.9 Å². The monoisotopic (exact) mass is 308 g/mol. The molecular formula is C11H12N6O3S. The quantitative estimate of drug-likeness (QED) is 0.445. The van der Waals surface area contributed by atoms with E-state index in [-0.39, 0.29) is 16.3 Å². The van der Waals surface area contributed by atoms with Gasteiger partial charge in [0.2, 0.25) is 10.0 Å². The van der Waals surface area contributed by atoms with Crippen molar-refractivity contribution in [1.29, 1.82) is 0 Å². The number of carbonyl (C=O) groups is 1. The van der Waals surface area contributed by atoms with Crippen molar-refractivity contribution in [2.75, 3.05) is 10.7 Å². The number of benzene rings is 1. The first kappa shape index (κ1) is 14.8. The van der Waals surface area contributed by atoms with E-state index in [4.69, 9.17) is 11.0 Å². The summed E-state index contributed by atoms with van der Waals surface area (Å²) >= 11 is 0. The fourth-order valence-electron chi connectivity index (χ4n) is 1.47. The number of carbonyl (C=O) groups excluding carboxylic acids is 1. The van der Waals surface area contributed by atoms with Gasteiger partial charge in [-0.3, -0.25) is 4.79 Å². The fourth-order valence-corrected chi connectivity index (χ4v) is 2.03. The smallest absolute Gasteiger partial charge is 0.275 e. The zero-order valence-electron chi connectivity index (χ0n) is 10.6. The average Bonchev–Trinajstić information content (AvgIpc) is 2.47. The largest absolute Gasteiger partial charge is 0.321 e. The van der Waals surface area contributed by atoms with Gasteiger partial charge < -0.3 is 10.7 Å². The maximum atomic E-state index is 11.9. The van der Waals surface area contributed by atoms with Gasteiger partial charge in [0.15, 0.2) is 5.82 Å². The van der Waals surface area contributed by atoms with Crippen molar-refractivity contribution in [3.8, 4) is 0 Å². The molecule has 9 nitrogen and oxygen atoms in total. The number of sulfonamides is 1. The van der Waals surface area contributed by atoms with Gasteiger partial charge in [0.1, 0.15) is 5.69 Å². The van der Waals surface area contributed by atoms with Crippen LogP contribution in [0.1, 0.15) is 10.5 Å². The highest BCUT2D eigenvalue weighted by molar-refractivity contribution is 7.89. The fraction of sp³-hybridized carbons (Fsp3) is 0. The van der Waals surface area contributed by atoms with Crippen molar-refractivity contribution in [2.45, 2.75) is 4.90 Å². The number of hydrogen-bond donors (Lipinski definition) is 4. The molecule has 0 radical (unpaired) electrons. The zero-order valence-corrected chi connectivity index (χ0v) is 11.5. The topological polar surface area (TPSA) is 153 Å². The summed E-state index contributed by atoms with van der Waals surface area (Å²) in [5.41, 5.74) is 2.60. The van der Waals surface area contributed by atoms with Crippen molar-refractivity contribution in [2.24, 2.45) is 11.0 Å². The molecule has 1 amide bonds. The highest BCUT2D eigenvalue weighted by atomic mass is 32.2. The first-order chi connectivity index (χ1) is 9.90. The van der Waals surface area contributed by atoms with Gasteiger partial charge in [0.25, 0.3) is 5.91 Å². The number of nitrogens with one attached hydrogen (secondary N) is 2. The third kappa shape index (κ3) is 3.72. The second kappa shape index (κ2) is 5.83. The minimum Gasteiger partial charge on any atom is -0.321 e. The molecule has 0 unspecified atom stereocenters. The summed E-state index contributed by atoms with van der Waals surface area (Å²) in [5.74, 6) is 4.90. The van der Waals surface area contributed by atoms with E-state index in [0.717, 1.165) is 0 Å². The van der Waals surface area contributed by atoms with Gasteiger partial charge in [-0.05, 0) is 18.2 Å². The number of hydrazine groups is 1. The second-order valence-electron chi connectivity index (χ2n) is 3.96. The molecule has 1 aromatic heterocycles.